The van der Waals surface area contributed by atoms with Crippen LogP contribution >= 0.6 is 22.9 Å². The summed E-state index contributed by atoms with van der Waals surface area (Å²) in [6.07, 6.45) is 0. The van der Waals surface area contributed by atoms with Crippen LogP contribution in [0, 0.1) is 23.3 Å². The van der Waals surface area contributed by atoms with Gasteiger partial charge in [0.15, 0.2) is 23.3 Å². The number of rotatable bonds is 3. The average Bonchev–Trinajstić information content (AvgIpc) is 2.80. The molecule has 0 saturated heterocycles. The summed E-state index contributed by atoms with van der Waals surface area (Å²) in [6, 6.07) is 2.31. The summed E-state index contributed by atoms with van der Waals surface area (Å²) in [7, 11) is -4.40. The molecule has 0 spiro atoms. The highest BCUT2D eigenvalue weighted by molar-refractivity contribution is 7.94. The lowest BCUT2D eigenvalue weighted by atomic mass is 10.3. The van der Waals surface area contributed by atoms with Crippen molar-refractivity contribution in [2.24, 2.45) is 0 Å². The standard InChI is InChI=1S/C10H4ClF4NO2S2/c11-6-1-2-7(19-6)20(17,18)16-10-8(14)4(12)3-5(13)9(10)15/h1-3,16H. The second-order valence-corrected chi connectivity index (χ2v) is 7.13. The third-order valence-corrected chi connectivity index (χ3v) is 5.23. The fraction of sp³-hybridized carbons (Fsp3) is 0. The van der Waals surface area contributed by atoms with E-state index in [0.717, 1.165) is 6.07 Å². The van der Waals surface area contributed by atoms with Crippen molar-refractivity contribution < 1.29 is 26.0 Å². The van der Waals surface area contributed by atoms with Gasteiger partial charge >= 0.3 is 0 Å². The molecule has 108 valence electrons. The summed E-state index contributed by atoms with van der Waals surface area (Å²) >= 11 is 6.16. The van der Waals surface area contributed by atoms with E-state index in [4.69, 9.17) is 11.6 Å². The number of hydrogen-bond acceptors (Lipinski definition) is 3. The molecule has 0 radical (unpaired) electrons. The van der Waals surface area contributed by atoms with Crippen molar-refractivity contribution in [1.29, 1.82) is 0 Å². The van der Waals surface area contributed by atoms with Crippen molar-refractivity contribution in [3.05, 3.63) is 45.8 Å². The molecule has 0 amide bonds. The highest BCUT2D eigenvalue weighted by Crippen LogP contribution is 2.30. The van der Waals surface area contributed by atoms with Gasteiger partial charge in [0.25, 0.3) is 10.0 Å². The first-order valence-corrected chi connectivity index (χ1v) is 7.51. The number of nitrogens with one attached hydrogen (secondary N) is 1. The zero-order valence-corrected chi connectivity index (χ0v) is 11.6. The summed E-state index contributed by atoms with van der Waals surface area (Å²) < 4.78 is 77.5. The zero-order chi connectivity index (χ0) is 15.1. The fourth-order valence-corrected chi connectivity index (χ4v) is 3.83. The Hall–Kier alpha value is -1.32. The summed E-state index contributed by atoms with van der Waals surface area (Å²) in [5, 5.41) is 0. The smallest absolute Gasteiger partial charge is 0.271 e. The lowest BCUT2D eigenvalue weighted by molar-refractivity contribution is 0.459. The van der Waals surface area contributed by atoms with Gasteiger partial charge in [0.1, 0.15) is 9.90 Å². The Morgan fingerprint density at radius 3 is 2.05 bits per heavy atom. The summed E-state index contributed by atoms with van der Waals surface area (Å²) in [5.74, 6) is -7.11. The van der Waals surface area contributed by atoms with Gasteiger partial charge in [-0.05, 0) is 12.1 Å². The van der Waals surface area contributed by atoms with Crippen molar-refractivity contribution in [2.45, 2.75) is 4.21 Å². The molecule has 1 N–H and O–H groups in total. The monoisotopic (exact) mass is 345 g/mol. The predicted molar refractivity (Wildman–Crippen MR) is 66.4 cm³/mol. The molecule has 0 fully saturated rings. The number of benzene rings is 1. The van der Waals surface area contributed by atoms with E-state index < -0.39 is 39.0 Å². The number of sulfonamides is 1. The maximum Gasteiger partial charge on any atom is 0.271 e. The molecule has 10 heteroatoms. The lowest BCUT2D eigenvalue weighted by Crippen LogP contribution is -2.15. The van der Waals surface area contributed by atoms with Crippen molar-refractivity contribution in [3.8, 4) is 0 Å². The van der Waals surface area contributed by atoms with Crippen LogP contribution in [0.3, 0.4) is 0 Å². The predicted octanol–water partition coefficient (Wildman–Crippen LogP) is 3.76. The van der Waals surface area contributed by atoms with E-state index >= 15 is 0 Å². The van der Waals surface area contributed by atoms with Gasteiger partial charge in [-0.1, -0.05) is 11.6 Å². The molecule has 0 atom stereocenters. The SMILES string of the molecule is O=S(=O)(Nc1c(F)c(F)cc(F)c1F)c1ccc(Cl)s1. The molecular formula is C10H4ClF4NO2S2. The van der Waals surface area contributed by atoms with E-state index in [1.807, 2.05) is 0 Å². The average molecular weight is 346 g/mol. The molecule has 0 aliphatic rings. The van der Waals surface area contributed by atoms with Gasteiger partial charge in [-0.15, -0.1) is 11.3 Å². The van der Waals surface area contributed by atoms with Gasteiger partial charge in [-0.2, -0.15) is 0 Å². The third kappa shape index (κ3) is 2.74. The number of thiophene rings is 1. The second kappa shape index (κ2) is 5.23. The minimum Gasteiger partial charge on any atom is -0.273 e. The quantitative estimate of drug-likeness (QED) is 0.680. The van der Waals surface area contributed by atoms with Crippen LogP contribution in [0.1, 0.15) is 0 Å². The Morgan fingerprint density at radius 1 is 1.05 bits per heavy atom. The first kappa shape index (κ1) is 15.1. The molecule has 0 aliphatic heterocycles. The van der Waals surface area contributed by atoms with Gasteiger partial charge in [0.2, 0.25) is 0 Å². The third-order valence-electron chi connectivity index (χ3n) is 2.16. The molecule has 2 rings (SSSR count). The van der Waals surface area contributed by atoms with E-state index in [2.05, 4.69) is 0 Å². The Kier molecular flexibility index (Phi) is 3.94. The molecule has 0 saturated carbocycles. The van der Waals surface area contributed by atoms with E-state index in [1.165, 1.54) is 10.8 Å². The molecule has 2 aromatic rings. The highest BCUT2D eigenvalue weighted by Gasteiger charge is 2.25. The molecule has 0 bridgehead atoms. The molecule has 1 aromatic carbocycles. The van der Waals surface area contributed by atoms with Crippen LogP contribution in [0.15, 0.2) is 22.4 Å². The van der Waals surface area contributed by atoms with Crippen LogP contribution < -0.4 is 4.72 Å². The number of anilines is 1. The molecular weight excluding hydrogens is 342 g/mol. The van der Waals surface area contributed by atoms with Crippen molar-refractivity contribution in [3.63, 3.8) is 0 Å². The van der Waals surface area contributed by atoms with Crippen LogP contribution in [0.2, 0.25) is 4.34 Å². The van der Waals surface area contributed by atoms with Gasteiger partial charge in [-0.25, -0.2) is 26.0 Å². The highest BCUT2D eigenvalue weighted by atomic mass is 35.5. The molecule has 1 heterocycles. The normalized spacial score (nSPS) is 11.7. The lowest BCUT2D eigenvalue weighted by Gasteiger charge is -2.09. The minimum absolute atomic E-state index is 0.0233. The largest absolute Gasteiger partial charge is 0.273 e. The van der Waals surface area contributed by atoms with Crippen LogP contribution in [0.5, 0.6) is 0 Å². The Labute approximate surface area is 119 Å². The van der Waals surface area contributed by atoms with Crippen molar-refractivity contribution in [2.75, 3.05) is 4.72 Å². The van der Waals surface area contributed by atoms with Crippen molar-refractivity contribution in [1.82, 2.24) is 0 Å². The molecule has 3 nitrogen and oxygen atoms in total. The Balaban J connectivity index is 2.50. The van der Waals surface area contributed by atoms with Crippen LogP contribution in [0.25, 0.3) is 0 Å². The first-order chi connectivity index (χ1) is 9.22. The van der Waals surface area contributed by atoms with E-state index in [-0.39, 0.29) is 14.6 Å². The Bertz CT molecular complexity index is 750. The van der Waals surface area contributed by atoms with E-state index in [1.54, 1.807) is 0 Å². The Morgan fingerprint density at radius 2 is 1.60 bits per heavy atom. The summed E-state index contributed by atoms with van der Waals surface area (Å²) in [6.45, 7) is 0. The van der Waals surface area contributed by atoms with Gasteiger partial charge in [-0.3, -0.25) is 4.72 Å². The summed E-state index contributed by atoms with van der Waals surface area (Å²) in [4.78, 5) is 0. The first-order valence-electron chi connectivity index (χ1n) is 4.83. The molecule has 0 aliphatic carbocycles. The van der Waals surface area contributed by atoms with Crippen molar-refractivity contribution >= 4 is 38.6 Å². The zero-order valence-electron chi connectivity index (χ0n) is 9.25. The summed E-state index contributed by atoms with van der Waals surface area (Å²) in [5.41, 5.74) is -1.42. The molecule has 20 heavy (non-hydrogen) atoms. The van der Waals surface area contributed by atoms with Crippen LogP contribution in [-0.2, 0) is 10.0 Å². The van der Waals surface area contributed by atoms with Crippen LogP contribution in [0.4, 0.5) is 23.2 Å². The second-order valence-electron chi connectivity index (χ2n) is 3.51. The van der Waals surface area contributed by atoms with Gasteiger partial charge < -0.3 is 0 Å². The van der Waals surface area contributed by atoms with E-state index in [9.17, 15) is 26.0 Å². The molecule has 1 aromatic heterocycles. The van der Waals surface area contributed by atoms with E-state index in [0.29, 0.717) is 11.3 Å². The number of halogens is 5. The topological polar surface area (TPSA) is 46.2 Å². The van der Waals surface area contributed by atoms with Gasteiger partial charge in [0.05, 0.1) is 4.34 Å². The minimum atomic E-state index is -4.40. The molecule has 0 unspecified atom stereocenters. The maximum atomic E-state index is 13.4. The van der Waals surface area contributed by atoms with Gasteiger partial charge in [0, 0.05) is 6.07 Å². The van der Waals surface area contributed by atoms with Crippen LogP contribution in [-0.4, -0.2) is 8.42 Å². The fourth-order valence-electron chi connectivity index (χ4n) is 1.29. The maximum absolute atomic E-state index is 13.4. The number of hydrogen-bond donors (Lipinski definition) is 1.